The van der Waals surface area contributed by atoms with E-state index in [0.29, 0.717) is 19.8 Å². The van der Waals surface area contributed by atoms with Crippen molar-refractivity contribution in [3.8, 4) is 0 Å². The first-order valence-electron chi connectivity index (χ1n) is 30.0. The molecule has 2 saturated heterocycles. The highest BCUT2D eigenvalue weighted by Gasteiger charge is 2.51. The SMILES string of the molecule is CC(C)(C)COCCOCCOCC(=O)Cc1cc(C(=O)N2C[C@@H](C(=O)N[C@H]3C[C@@H]3c3ccccc3)[C@H](C(=O)N[C@H]3C[C@@H]3c3ccccc3)C2)ccc1C(=O)N1C[C@@H](C(=O)N[C@H]2C[C@@H]2c2ccccc2)[C@H](C(=O)N[C@H]2C[C@@H]2c2ccccc2)C1. The van der Waals surface area contributed by atoms with Gasteiger partial charge in [0.2, 0.25) is 23.6 Å². The summed E-state index contributed by atoms with van der Waals surface area (Å²) < 4.78 is 17.1. The summed E-state index contributed by atoms with van der Waals surface area (Å²) in [5.41, 5.74) is 5.10. The van der Waals surface area contributed by atoms with E-state index < -0.39 is 35.5 Å². The van der Waals surface area contributed by atoms with Crippen LogP contribution in [0.2, 0.25) is 0 Å². The highest BCUT2D eigenvalue weighted by molar-refractivity contribution is 6.02. The van der Waals surface area contributed by atoms with E-state index >= 15 is 4.79 Å². The number of amides is 6. The summed E-state index contributed by atoms with van der Waals surface area (Å²) in [6.45, 7) is 7.59. The van der Waals surface area contributed by atoms with Gasteiger partial charge in [0.15, 0.2) is 5.78 Å². The van der Waals surface area contributed by atoms with Crippen molar-refractivity contribution < 1.29 is 47.8 Å². The molecule has 0 aromatic heterocycles. The van der Waals surface area contributed by atoms with Crippen LogP contribution in [0, 0.1) is 29.1 Å². The highest BCUT2D eigenvalue weighted by Crippen LogP contribution is 2.45. The van der Waals surface area contributed by atoms with Gasteiger partial charge in [-0.25, -0.2) is 0 Å². The molecule has 11 rings (SSSR count). The summed E-state index contributed by atoms with van der Waals surface area (Å²) in [6.07, 6.45) is 2.79. The van der Waals surface area contributed by atoms with Crippen LogP contribution < -0.4 is 21.3 Å². The van der Waals surface area contributed by atoms with Gasteiger partial charge in [0.05, 0.1) is 56.7 Å². The van der Waals surface area contributed by atoms with Crippen molar-refractivity contribution in [1.82, 2.24) is 31.1 Å². The maximum absolute atomic E-state index is 15.1. The Labute approximate surface area is 492 Å². The number of nitrogens with zero attached hydrogens (tertiary/aromatic N) is 2. The molecule has 84 heavy (non-hydrogen) atoms. The molecule has 6 fully saturated rings. The minimum absolute atomic E-state index is 0.0214. The Balaban J connectivity index is 0.811. The molecular weight excluding hydrogens is 1060 g/mol. The van der Waals surface area contributed by atoms with Gasteiger partial charge in [-0.1, -0.05) is 142 Å². The Hall–Kier alpha value is -7.53. The molecule has 6 aliphatic rings. The highest BCUT2D eigenvalue weighted by atomic mass is 16.5. The lowest BCUT2D eigenvalue weighted by Gasteiger charge is -2.21. The van der Waals surface area contributed by atoms with Gasteiger partial charge in [0, 0.05) is 91.6 Å². The van der Waals surface area contributed by atoms with Gasteiger partial charge in [-0.3, -0.25) is 33.6 Å². The summed E-state index contributed by atoms with van der Waals surface area (Å²) in [6, 6.07) is 44.1. The number of nitrogens with one attached hydrogen (secondary N) is 4. The maximum Gasteiger partial charge on any atom is 0.254 e. The van der Waals surface area contributed by atoms with E-state index in [2.05, 4.69) is 42.0 Å². The number of hydrogen-bond donors (Lipinski definition) is 4. The van der Waals surface area contributed by atoms with Crippen molar-refractivity contribution in [2.24, 2.45) is 29.1 Å². The second kappa shape index (κ2) is 25.8. The molecule has 2 aliphatic heterocycles. The first-order valence-corrected chi connectivity index (χ1v) is 30.0. The van der Waals surface area contributed by atoms with Gasteiger partial charge in [-0.05, 0) is 77.1 Å². The van der Waals surface area contributed by atoms with Crippen molar-refractivity contribution in [2.45, 2.75) is 101 Å². The van der Waals surface area contributed by atoms with E-state index in [0.717, 1.165) is 47.9 Å². The molecule has 16 heteroatoms. The van der Waals surface area contributed by atoms with Crippen LogP contribution in [0.4, 0.5) is 0 Å². The molecule has 0 spiro atoms. The van der Waals surface area contributed by atoms with E-state index in [1.54, 1.807) is 0 Å². The van der Waals surface area contributed by atoms with Gasteiger partial charge in [0.25, 0.3) is 11.8 Å². The first kappa shape index (κ1) is 58.3. The number of ether oxygens (including phenoxy) is 3. The molecule has 16 nitrogen and oxygen atoms in total. The summed E-state index contributed by atoms with van der Waals surface area (Å²) in [4.78, 5) is 104. The summed E-state index contributed by atoms with van der Waals surface area (Å²) in [5.74, 6) is -5.28. The largest absolute Gasteiger partial charge is 0.379 e. The fourth-order valence-corrected chi connectivity index (χ4v) is 12.5. The Bertz CT molecular complexity index is 3030. The van der Waals surface area contributed by atoms with Gasteiger partial charge in [-0.15, -0.1) is 0 Å². The van der Waals surface area contributed by atoms with Crippen LogP contribution in [0.15, 0.2) is 140 Å². The number of carbonyl (C=O) groups is 7. The Morgan fingerprint density at radius 2 is 0.786 bits per heavy atom. The zero-order valence-electron chi connectivity index (χ0n) is 48.3. The zero-order valence-corrected chi connectivity index (χ0v) is 48.3. The topological polar surface area (TPSA) is 202 Å². The maximum atomic E-state index is 15.1. The van der Waals surface area contributed by atoms with E-state index in [-0.39, 0.29) is 152 Å². The minimum atomic E-state index is -0.856. The van der Waals surface area contributed by atoms with Gasteiger partial charge >= 0.3 is 0 Å². The van der Waals surface area contributed by atoms with Crippen molar-refractivity contribution in [2.75, 3.05) is 65.8 Å². The molecule has 0 bridgehead atoms. The van der Waals surface area contributed by atoms with Crippen LogP contribution >= 0.6 is 0 Å². The molecule has 440 valence electrons. The van der Waals surface area contributed by atoms with Gasteiger partial charge < -0.3 is 45.3 Å². The zero-order chi connectivity index (χ0) is 58.5. The average Bonchev–Trinajstić information content (AvgIpc) is 4.46. The third-order valence-corrected chi connectivity index (χ3v) is 17.5. The Morgan fingerprint density at radius 1 is 0.440 bits per heavy atom. The molecule has 0 radical (unpaired) electrons. The average molecular weight is 1140 g/mol. The van der Waals surface area contributed by atoms with Crippen molar-refractivity contribution in [3.63, 3.8) is 0 Å². The number of likely N-dealkylation sites (tertiary alicyclic amines) is 2. The predicted octanol–water partition coefficient (Wildman–Crippen LogP) is 6.96. The standard InChI is InChI=1S/C68H78N6O10/c1-68(2,3)41-84-29-27-82-26-28-83-40-48(75)31-47-30-46(66(80)73-36-54(62(76)69-58-32-50(58)42-16-8-4-9-17-42)55(37-73)63(77)70-59-33-51(59)43-18-10-5-11-19-43)24-25-49(47)67(81)74-38-56(64(78)71-60-34-52(60)44-20-12-6-13-21-44)57(39-74)65(79)72-61-35-53(61)45-22-14-7-15-23-45/h4-25,30,50-61H,26-29,31-41H2,1-3H3,(H,69,76)(H,70,77)(H,71,78)(H,72,79)/t50-,51-,52-,53-,54-,55-,56-,57-,58+,59+,60+,61+/m1/s1. The molecular formula is C68H78N6O10. The number of ketones is 1. The Morgan fingerprint density at radius 3 is 1.15 bits per heavy atom. The second-order valence-electron chi connectivity index (χ2n) is 25.2. The number of carbonyl (C=O) groups excluding carboxylic acids is 7. The lowest BCUT2D eigenvalue weighted by molar-refractivity contribution is -0.133. The monoisotopic (exact) mass is 1140 g/mol. The number of hydrogen-bond acceptors (Lipinski definition) is 10. The van der Waals surface area contributed by atoms with Crippen LogP contribution in [0.3, 0.4) is 0 Å². The minimum Gasteiger partial charge on any atom is -0.379 e. The molecule has 0 unspecified atom stereocenters. The second-order valence-corrected chi connectivity index (χ2v) is 25.2. The molecule has 2 heterocycles. The lowest BCUT2D eigenvalue weighted by atomic mass is 9.94. The van der Waals surface area contributed by atoms with Gasteiger partial charge in [0.1, 0.15) is 6.61 Å². The predicted molar refractivity (Wildman–Crippen MR) is 316 cm³/mol. The van der Waals surface area contributed by atoms with E-state index in [1.807, 2.05) is 121 Å². The summed E-state index contributed by atoms with van der Waals surface area (Å²) in [5, 5.41) is 12.8. The first-order chi connectivity index (χ1) is 40.7. The normalized spacial score (nSPS) is 26.4. The van der Waals surface area contributed by atoms with Crippen LogP contribution in [0.25, 0.3) is 0 Å². The smallest absolute Gasteiger partial charge is 0.254 e. The van der Waals surface area contributed by atoms with Crippen molar-refractivity contribution >= 4 is 41.2 Å². The van der Waals surface area contributed by atoms with Crippen LogP contribution in [-0.4, -0.2) is 141 Å². The molecule has 4 saturated carbocycles. The van der Waals surface area contributed by atoms with E-state index in [1.165, 1.54) is 28.0 Å². The number of benzene rings is 5. The van der Waals surface area contributed by atoms with Crippen LogP contribution in [0.1, 0.15) is 119 Å². The fraction of sp³-hybridized carbons (Fsp3) is 0.456. The summed E-state index contributed by atoms with van der Waals surface area (Å²) >= 11 is 0. The third kappa shape index (κ3) is 14.5. The molecule has 12 atom stereocenters. The number of Topliss-reactive ketones (excluding diaryl/α,β-unsaturated/α-hetero) is 1. The molecule has 6 amide bonds. The lowest BCUT2D eigenvalue weighted by Crippen LogP contribution is -2.43. The van der Waals surface area contributed by atoms with E-state index in [4.69, 9.17) is 14.2 Å². The molecule has 5 aromatic carbocycles. The molecule has 5 aromatic rings. The molecule has 4 aliphatic carbocycles. The number of rotatable bonds is 25. The van der Waals surface area contributed by atoms with Crippen LogP contribution in [0.5, 0.6) is 0 Å². The Kier molecular flexibility index (Phi) is 17.9. The van der Waals surface area contributed by atoms with Crippen LogP contribution in [-0.2, 0) is 44.6 Å². The third-order valence-electron chi connectivity index (χ3n) is 17.5. The summed E-state index contributed by atoms with van der Waals surface area (Å²) in [7, 11) is 0. The van der Waals surface area contributed by atoms with E-state index in [9.17, 15) is 28.8 Å². The fourth-order valence-electron chi connectivity index (χ4n) is 12.5. The van der Waals surface area contributed by atoms with Crippen molar-refractivity contribution in [1.29, 1.82) is 0 Å². The quantitative estimate of drug-likeness (QED) is 0.0443. The molecule has 4 N–H and O–H groups in total. The van der Waals surface area contributed by atoms with Gasteiger partial charge in [-0.2, -0.15) is 0 Å². The van der Waals surface area contributed by atoms with Crippen molar-refractivity contribution in [3.05, 3.63) is 178 Å².